The second-order valence-corrected chi connectivity index (χ2v) is 8.08. The number of nitrogens with zero attached hydrogens (tertiary/aromatic N) is 1. The van der Waals surface area contributed by atoms with E-state index in [-0.39, 0.29) is 24.7 Å². The molecule has 3 rings (SSSR count). The van der Waals surface area contributed by atoms with E-state index >= 15 is 0 Å². The standard InChI is InChI=1S/C15H21BrF3NO/c16-11-7-12-5-6-13(8-11)20(12)14(21)9-1-3-10(4-2-9)15(17,18)19/h9-13H,1-8H2. The zero-order chi connectivity index (χ0) is 15.2. The van der Waals surface area contributed by atoms with Gasteiger partial charge in [-0.3, -0.25) is 4.79 Å². The van der Waals surface area contributed by atoms with Crippen LogP contribution in [0.3, 0.4) is 0 Å². The summed E-state index contributed by atoms with van der Waals surface area (Å²) in [7, 11) is 0. The van der Waals surface area contributed by atoms with E-state index in [1.165, 1.54) is 0 Å². The molecule has 2 heterocycles. The lowest BCUT2D eigenvalue weighted by Gasteiger charge is -2.40. The second-order valence-electron chi connectivity index (χ2n) is 6.79. The van der Waals surface area contributed by atoms with Crippen molar-refractivity contribution in [2.24, 2.45) is 11.8 Å². The highest BCUT2D eigenvalue weighted by atomic mass is 79.9. The Bertz CT molecular complexity index is 392. The number of amides is 1. The number of hydrogen-bond acceptors (Lipinski definition) is 1. The van der Waals surface area contributed by atoms with Gasteiger partial charge < -0.3 is 4.90 Å². The molecule has 0 N–H and O–H groups in total. The van der Waals surface area contributed by atoms with E-state index in [1.807, 2.05) is 4.90 Å². The molecule has 0 aromatic heterocycles. The van der Waals surface area contributed by atoms with Crippen molar-refractivity contribution in [3.63, 3.8) is 0 Å². The Balaban J connectivity index is 1.60. The van der Waals surface area contributed by atoms with Gasteiger partial charge in [0, 0.05) is 22.8 Å². The van der Waals surface area contributed by atoms with E-state index < -0.39 is 12.1 Å². The van der Waals surface area contributed by atoms with E-state index in [0.717, 1.165) is 25.7 Å². The Morgan fingerprint density at radius 3 is 1.95 bits per heavy atom. The van der Waals surface area contributed by atoms with Gasteiger partial charge in [-0.15, -0.1) is 0 Å². The lowest BCUT2D eigenvalue weighted by molar-refractivity contribution is -0.185. The van der Waals surface area contributed by atoms with E-state index in [1.54, 1.807) is 0 Å². The van der Waals surface area contributed by atoms with Crippen molar-refractivity contribution in [2.75, 3.05) is 0 Å². The van der Waals surface area contributed by atoms with Crippen molar-refractivity contribution < 1.29 is 18.0 Å². The molecule has 0 aromatic carbocycles. The molecule has 6 heteroatoms. The maximum atomic E-state index is 12.7. The number of alkyl halides is 4. The van der Waals surface area contributed by atoms with Crippen molar-refractivity contribution in [3.8, 4) is 0 Å². The van der Waals surface area contributed by atoms with Crippen LogP contribution >= 0.6 is 15.9 Å². The molecular formula is C15H21BrF3NO. The van der Waals surface area contributed by atoms with Crippen molar-refractivity contribution >= 4 is 21.8 Å². The van der Waals surface area contributed by atoms with Gasteiger partial charge in [0.05, 0.1) is 5.92 Å². The summed E-state index contributed by atoms with van der Waals surface area (Å²) in [4.78, 5) is 15.2. The van der Waals surface area contributed by atoms with E-state index in [9.17, 15) is 18.0 Å². The zero-order valence-corrected chi connectivity index (χ0v) is 13.5. The van der Waals surface area contributed by atoms with Crippen LogP contribution in [0.25, 0.3) is 0 Å². The first kappa shape index (κ1) is 15.6. The molecule has 1 amide bonds. The number of halogens is 4. The van der Waals surface area contributed by atoms with Crippen LogP contribution in [-0.4, -0.2) is 33.9 Å². The summed E-state index contributed by atoms with van der Waals surface area (Å²) in [6, 6.07) is 0.613. The minimum Gasteiger partial charge on any atom is -0.336 e. The van der Waals surface area contributed by atoms with Gasteiger partial charge in [0.15, 0.2) is 0 Å². The van der Waals surface area contributed by atoms with Gasteiger partial charge in [-0.2, -0.15) is 13.2 Å². The molecule has 2 atom stereocenters. The summed E-state index contributed by atoms with van der Waals surface area (Å²) in [6.45, 7) is 0. The highest BCUT2D eigenvalue weighted by Crippen LogP contribution is 2.43. The molecule has 21 heavy (non-hydrogen) atoms. The monoisotopic (exact) mass is 367 g/mol. The third-order valence-corrected chi connectivity index (χ3v) is 6.22. The maximum absolute atomic E-state index is 12.7. The fourth-order valence-electron chi connectivity index (χ4n) is 4.35. The number of fused-ring (bicyclic) bond motifs is 2. The molecule has 3 aliphatic rings. The third kappa shape index (κ3) is 3.10. The highest BCUT2D eigenvalue weighted by molar-refractivity contribution is 9.09. The predicted molar refractivity (Wildman–Crippen MR) is 77.1 cm³/mol. The van der Waals surface area contributed by atoms with Gasteiger partial charge in [0.25, 0.3) is 0 Å². The van der Waals surface area contributed by atoms with Gasteiger partial charge in [0.1, 0.15) is 0 Å². The SMILES string of the molecule is O=C(C1CCC(C(F)(F)F)CC1)N1C2CCC1CC(Br)C2. The Morgan fingerprint density at radius 2 is 1.48 bits per heavy atom. The molecule has 0 spiro atoms. The van der Waals surface area contributed by atoms with Crippen LogP contribution in [0.5, 0.6) is 0 Å². The molecular weight excluding hydrogens is 347 g/mol. The van der Waals surface area contributed by atoms with Crippen molar-refractivity contribution in [1.29, 1.82) is 0 Å². The van der Waals surface area contributed by atoms with Gasteiger partial charge >= 0.3 is 6.18 Å². The van der Waals surface area contributed by atoms with E-state index in [4.69, 9.17) is 0 Å². The molecule has 2 nitrogen and oxygen atoms in total. The molecule has 120 valence electrons. The molecule has 2 bridgehead atoms. The van der Waals surface area contributed by atoms with Gasteiger partial charge in [-0.25, -0.2) is 0 Å². The summed E-state index contributed by atoms with van der Waals surface area (Å²) in [5.41, 5.74) is 0. The minimum absolute atomic E-state index is 0.115. The Hall–Kier alpha value is -0.260. The number of piperidine rings is 1. The summed E-state index contributed by atoms with van der Waals surface area (Å²) < 4.78 is 38.1. The largest absolute Gasteiger partial charge is 0.391 e. The van der Waals surface area contributed by atoms with Crippen LogP contribution in [0.4, 0.5) is 13.2 Å². The maximum Gasteiger partial charge on any atom is 0.391 e. The quantitative estimate of drug-likeness (QED) is 0.633. The van der Waals surface area contributed by atoms with E-state index in [2.05, 4.69) is 15.9 Å². The van der Waals surface area contributed by atoms with Crippen LogP contribution in [0.15, 0.2) is 0 Å². The molecule has 0 radical (unpaired) electrons. The second kappa shape index (κ2) is 5.74. The van der Waals surface area contributed by atoms with Gasteiger partial charge in [0.2, 0.25) is 5.91 Å². The first-order valence-electron chi connectivity index (χ1n) is 7.89. The summed E-state index contributed by atoms with van der Waals surface area (Å²) in [5, 5.41) is 0. The van der Waals surface area contributed by atoms with Gasteiger partial charge in [-0.1, -0.05) is 15.9 Å². The van der Waals surface area contributed by atoms with Crippen LogP contribution in [0.1, 0.15) is 51.4 Å². The van der Waals surface area contributed by atoms with Crippen molar-refractivity contribution in [1.82, 2.24) is 4.90 Å². The lowest BCUT2D eigenvalue weighted by Crippen LogP contribution is -2.49. The number of carbonyl (C=O) groups excluding carboxylic acids is 1. The lowest BCUT2D eigenvalue weighted by atomic mass is 9.80. The van der Waals surface area contributed by atoms with Crippen molar-refractivity contribution in [2.45, 2.75) is 74.5 Å². The summed E-state index contributed by atoms with van der Waals surface area (Å²) in [6.07, 6.45) is 1.01. The van der Waals surface area contributed by atoms with Crippen LogP contribution < -0.4 is 0 Å². The Kier molecular flexibility index (Phi) is 4.27. The average Bonchev–Trinajstić information content (AvgIpc) is 2.69. The van der Waals surface area contributed by atoms with E-state index in [0.29, 0.717) is 29.8 Å². The van der Waals surface area contributed by atoms with Crippen LogP contribution in [0.2, 0.25) is 0 Å². The first-order valence-corrected chi connectivity index (χ1v) is 8.80. The third-order valence-electron chi connectivity index (χ3n) is 5.47. The van der Waals surface area contributed by atoms with Crippen molar-refractivity contribution in [3.05, 3.63) is 0 Å². The topological polar surface area (TPSA) is 20.3 Å². The Morgan fingerprint density at radius 1 is 0.952 bits per heavy atom. The highest BCUT2D eigenvalue weighted by Gasteiger charge is 2.47. The fraction of sp³-hybridized carbons (Fsp3) is 0.933. The van der Waals surface area contributed by atoms with Crippen LogP contribution in [0, 0.1) is 11.8 Å². The number of hydrogen-bond donors (Lipinski definition) is 0. The predicted octanol–water partition coefficient (Wildman–Crippen LogP) is 4.27. The summed E-state index contributed by atoms with van der Waals surface area (Å²) in [5.74, 6) is -1.26. The Labute approximate surface area is 131 Å². The first-order chi connectivity index (χ1) is 9.86. The normalized spacial score (nSPS) is 40.4. The number of rotatable bonds is 1. The fourth-order valence-corrected chi connectivity index (χ4v) is 5.21. The number of carbonyl (C=O) groups is 1. The average molecular weight is 368 g/mol. The molecule has 1 aliphatic carbocycles. The molecule has 0 aromatic rings. The summed E-state index contributed by atoms with van der Waals surface area (Å²) >= 11 is 3.65. The van der Waals surface area contributed by atoms with Crippen LogP contribution in [-0.2, 0) is 4.79 Å². The minimum atomic E-state index is -4.10. The molecule has 2 saturated heterocycles. The van der Waals surface area contributed by atoms with Gasteiger partial charge in [-0.05, 0) is 51.4 Å². The molecule has 1 saturated carbocycles. The zero-order valence-electron chi connectivity index (χ0n) is 11.9. The molecule has 3 fully saturated rings. The molecule has 2 unspecified atom stereocenters. The smallest absolute Gasteiger partial charge is 0.336 e. The molecule has 2 aliphatic heterocycles.